The molecule has 2 aliphatic heterocycles. The van der Waals surface area contributed by atoms with Gasteiger partial charge in [-0.25, -0.2) is 0 Å². The lowest BCUT2D eigenvalue weighted by Crippen LogP contribution is -2.47. The van der Waals surface area contributed by atoms with Gasteiger partial charge >= 0.3 is 0 Å². The zero-order chi connectivity index (χ0) is 15.9. The molecule has 1 nitrogen and oxygen atoms in total. The Hall–Kier alpha value is -1.86. The molecular weight excluding hydrogens is 290 g/mol. The van der Waals surface area contributed by atoms with Gasteiger partial charge in [0.2, 0.25) is 0 Å². The normalized spacial score (nSPS) is 25.8. The summed E-state index contributed by atoms with van der Waals surface area (Å²) in [5.74, 6) is 0.716. The third-order valence-corrected chi connectivity index (χ3v) is 6.25. The Morgan fingerprint density at radius 3 is 2.04 bits per heavy atom. The molecule has 2 atom stereocenters. The van der Waals surface area contributed by atoms with Crippen LogP contribution in [0.15, 0.2) is 54.6 Å². The largest absolute Gasteiger partial charge is 0.300 e. The smallest absolute Gasteiger partial charge is 0.0158 e. The van der Waals surface area contributed by atoms with Crippen LogP contribution in [0.25, 0.3) is 16.7 Å². The van der Waals surface area contributed by atoms with Crippen LogP contribution >= 0.6 is 0 Å². The third kappa shape index (κ3) is 2.26. The summed E-state index contributed by atoms with van der Waals surface area (Å²) in [6.07, 6.45) is 9.53. The third-order valence-electron chi connectivity index (χ3n) is 6.25. The molecule has 5 rings (SSSR count). The maximum absolute atomic E-state index is 2.77. The highest BCUT2D eigenvalue weighted by atomic mass is 15.2. The fourth-order valence-corrected chi connectivity index (χ4v) is 5.14. The van der Waals surface area contributed by atoms with Gasteiger partial charge in [0.25, 0.3) is 0 Å². The average Bonchev–Trinajstić information content (AvgIpc) is 2.97. The topological polar surface area (TPSA) is 3.24 Å². The summed E-state index contributed by atoms with van der Waals surface area (Å²) in [5.41, 5.74) is 7.18. The van der Waals surface area contributed by atoms with Crippen molar-refractivity contribution in [2.24, 2.45) is 5.92 Å². The van der Waals surface area contributed by atoms with E-state index in [1.165, 1.54) is 73.0 Å². The highest BCUT2D eigenvalue weighted by Crippen LogP contribution is 2.45. The van der Waals surface area contributed by atoms with Gasteiger partial charge in [0.1, 0.15) is 0 Å². The SMILES string of the molecule is C(=C1c2ccccc2-c2ccccc21)[C@@H]1CCCN2CCCC[C@H]12. The molecule has 24 heavy (non-hydrogen) atoms. The van der Waals surface area contributed by atoms with E-state index in [0.29, 0.717) is 5.92 Å². The van der Waals surface area contributed by atoms with Crippen LogP contribution in [0.1, 0.15) is 43.2 Å². The first-order valence-electron chi connectivity index (χ1n) is 9.57. The molecule has 1 aliphatic carbocycles. The molecular formula is C23H25N. The molecule has 0 N–H and O–H groups in total. The summed E-state index contributed by atoms with van der Waals surface area (Å²) in [6, 6.07) is 18.7. The van der Waals surface area contributed by atoms with Gasteiger partial charge in [-0.2, -0.15) is 0 Å². The first kappa shape index (κ1) is 14.5. The summed E-state index contributed by atoms with van der Waals surface area (Å²) in [4.78, 5) is 2.77. The molecule has 0 amide bonds. The number of hydrogen-bond acceptors (Lipinski definition) is 1. The quantitative estimate of drug-likeness (QED) is 0.584. The predicted molar refractivity (Wildman–Crippen MR) is 101 cm³/mol. The number of rotatable bonds is 1. The van der Waals surface area contributed by atoms with Crippen molar-refractivity contribution >= 4 is 5.57 Å². The van der Waals surface area contributed by atoms with Gasteiger partial charge in [-0.05, 0) is 72.5 Å². The maximum atomic E-state index is 2.77. The van der Waals surface area contributed by atoms with E-state index >= 15 is 0 Å². The first-order chi connectivity index (χ1) is 11.9. The van der Waals surface area contributed by atoms with Gasteiger partial charge in [-0.15, -0.1) is 0 Å². The van der Waals surface area contributed by atoms with Crippen LogP contribution in [0.2, 0.25) is 0 Å². The van der Waals surface area contributed by atoms with Crippen molar-refractivity contribution in [3.05, 3.63) is 65.7 Å². The Kier molecular flexibility index (Phi) is 3.56. The van der Waals surface area contributed by atoms with Gasteiger partial charge in [0.15, 0.2) is 0 Å². The van der Waals surface area contributed by atoms with Gasteiger partial charge in [-0.3, -0.25) is 4.90 Å². The van der Waals surface area contributed by atoms with Crippen LogP contribution in [0.3, 0.4) is 0 Å². The second kappa shape index (κ2) is 5.89. The Morgan fingerprint density at radius 2 is 1.33 bits per heavy atom. The number of nitrogens with zero attached hydrogens (tertiary/aromatic N) is 1. The molecule has 3 aliphatic rings. The molecule has 122 valence electrons. The fraction of sp³-hybridized carbons (Fsp3) is 0.391. The van der Waals surface area contributed by atoms with E-state index in [-0.39, 0.29) is 0 Å². The molecule has 2 saturated heterocycles. The summed E-state index contributed by atoms with van der Waals surface area (Å²) < 4.78 is 0. The molecule has 0 bridgehead atoms. The van der Waals surface area contributed by atoms with Gasteiger partial charge in [0.05, 0.1) is 0 Å². The van der Waals surface area contributed by atoms with Crippen molar-refractivity contribution < 1.29 is 0 Å². The molecule has 2 heterocycles. The van der Waals surface area contributed by atoms with E-state index in [9.17, 15) is 0 Å². The van der Waals surface area contributed by atoms with Gasteiger partial charge in [-0.1, -0.05) is 61.0 Å². The average molecular weight is 315 g/mol. The van der Waals surface area contributed by atoms with E-state index in [4.69, 9.17) is 0 Å². The lowest BCUT2D eigenvalue weighted by atomic mass is 9.81. The summed E-state index contributed by atoms with van der Waals surface area (Å²) in [7, 11) is 0. The molecule has 2 fully saturated rings. The molecule has 2 aromatic rings. The molecule has 0 spiro atoms. The Balaban J connectivity index is 1.59. The first-order valence-corrected chi connectivity index (χ1v) is 9.57. The van der Waals surface area contributed by atoms with E-state index in [1.54, 1.807) is 0 Å². The summed E-state index contributed by atoms with van der Waals surface area (Å²) in [5, 5.41) is 0. The highest BCUT2D eigenvalue weighted by molar-refractivity contribution is 6.01. The Labute approximate surface area is 145 Å². The van der Waals surface area contributed by atoms with Crippen LogP contribution < -0.4 is 0 Å². The van der Waals surface area contributed by atoms with Gasteiger partial charge in [0, 0.05) is 6.04 Å². The minimum atomic E-state index is 0.716. The second-order valence-electron chi connectivity index (χ2n) is 7.58. The number of benzene rings is 2. The monoisotopic (exact) mass is 315 g/mol. The van der Waals surface area contributed by atoms with Crippen molar-refractivity contribution in [2.75, 3.05) is 13.1 Å². The molecule has 0 aromatic heterocycles. The molecule has 2 aromatic carbocycles. The molecule has 1 heteroatoms. The van der Waals surface area contributed by atoms with Crippen LogP contribution in [0.4, 0.5) is 0 Å². The lowest BCUT2D eigenvalue weighted by molar-refractivity contribution is 0.0786. The Morgan fingerprint density at radius 1 is 0.708 bits per heavy atom. The van der Waals surface area contributed by atoms with Gasteiger partial charge < -0.3 is 0 Å². The van der Waals surface area contributed by atoms with Crippen LogP contribution in [-0.2, 0) is 0 Å². The van der Waals surface area contributed by atoms with E-state index < -0.39 is 0 Å². The number of piperidine rings is 2. The standard InChI is InChI=1S/C23H25N/c1-3-11-20-18(9-1)19-10-2-4-12-21(19)22(20)16-17-8-7-15-24-14-6-5-13-23(17)24/h1-4,9-12,16-17,23H,5-8,13-15H2/t17-,23+/m0/s1. The van der Waals surface area contributed by atoms with Crippen molar-refractivity contribution in [1.29, 1.82) is 0 Å². The minimum Gasteiger partial charge on any atom is -0.300 e. The van der Waals surface area contributed by atoms with Crippen molar-refractivity contribution in [2.45, 2.75) is 38.1 Å². The maximum Gasteiger partial charge on any atom is 0.0158 e. The van der Waals surface area contributed by atoms with Crippen molar-refractivity contribution in [3.63, 3.8) is 0 Å². The van der Waals surface area contributed by atoms with E-state index in [0.717, 1.165) is 6.04 Å². The van der Waals surface area contributed by atoms with Crippen LogP contribution in [-0.4, -0.2) is 24.0 Å². The molecule has 0 unspecified atom stereocenters. The summed E-state index contributed by atoms with van der Waals surface area (Å²) in [6.45, 7) is 2.63. The number of hydrogen-bond donors (Lipinski definition) is 0. The van der Waals surface area contributed by atoms with Crippen molar-refractivity contribution in [1.82, 2.24) is 4.90 Å². The highest BCUT2D eigenvalue weighted by Gasteiger charge is 2.33. The summed E-state index contributed by atoms with van der Waals surface area (Å²) >= 11 is 0. The van der Waals surface area contributed by atoms with Crippen LogP contribution in [0, 0.1) is 5.92 Å². The molecule has 0 saturated carbocycles. The van der Waals surface area contributed by atoms with Crippen molar-refractivity contribution in [3.8, 4) is 11.1 Å². The predicted octanol–water partition coefficient (Wildman–Crippen LogP) is 5.36. The van der Waals surface area contributed by atoms with E-state index in [1.807, 2.05) is 0 Å². The minimum absolute atomic E-state index is 0.716. The fourth-order valence-electron chi connectivity index (χ4n) is 5.14. The Bertz CT molecular complexity index is 739. The second-order valence-corrected chi connectivity index (χ2v) is 7.58. The zero-order valence-corrected chi connectivity index (χ0v) is 14.2. The van der Waals surface area contributed by atoms with E-state index in [2.05, 4.69) is 59.5 Å². The number of fused-ring (bicyclic) bond motifs is 4. The zero-order valence-electron chi connectivity index (χ0n) is 14.2. The van der Waals surface area contributed by atoms with Crippen LogP contribution in [0.5, 0.6) is 0 Å². The molecule has 0 radical (unpaired) electrons. The lowest BCUT2D eigenvalue weighted by Gasteiger charge is -2.43.